The predicted molar refractivity (Wildman–Crippen MR) is 49.8 cm³/mol. The lowest BCUT2D eigenvalue weighted by Gasteiger charge is -2.06. The Balaban J connectivity index is 3.02. The van der Waals surface area contributed by atoms with E-state index in [-0.39, 0.29) is 12.4 Å². The maximum Gasteiger partial charge on any atom is 0.201 e. The van der Waals surface area contributed by atoms with Crippen LogP contribution in [0.1, 0.15) is 0 Å². The molecule has 0 bridgehead atoms. The molecule has 0 heterocycles. The summed E-state index contributed by atoms with van der Waals surface area (Å²) in [5.74, 6) is -2.04. The number of ether oxygens (including phenoxy) is 1. The first-order chi connectivity index (χ1) is 6.16. The van der Waals surface area contributed by atoms with Crippen LogP contribution in [0, 0.1) is 11.6 Å². The lowest BCUT2D eigenvalue weighted by atomic mass is 10.3. The van der Waals surface area contributed by atoms with Gasteiger partial charge in [-0.1, -0.05) is 12.7 Å². The molecular weight excluding hydrogens is 242 g/mol. The van der Waals surface area contributed by atoms with Gasteiger partial charge in [0.25, 0.3) is 0 Å². The van der Waals surface area contributed by atoms with Gasteiger partial charge < -0.3 is 4.74 Å². The number of benzene rings is 1. The standard InChI is InChI=1S/C9H7BrF2O/c1-2-5-13-9-6(10)3-4-7(11)8(9)12/h2-4H,1,5H2. The molecular formula is C9H7BrF2O. The summed E-state index contributed by atoms with van der Waals surface area (Å²) >= 11 is 3.05. The van der Waals surface area contributed by atoms with Crippen molar-refractivity contribution in [1.29, 1.82) is 0 Å². The summed E-state index contributed by atoms with van der Waals surface area (Å²) in [6, 6.07) is 2.41. The third kappa shape index (κ3) is 2.28. The molecule has 13 heavy (non-hydrogen) atoms. The molecule has 0 aromatic heterocycles. The average molecular weight is 249 g/mol. The minimum atomic E-state index is -0.990. The average Bonchev–Trinajstić information content (AvgIpc) is 2.12. The normalized spacial score (nSPS) is 9.77. The summed E-state index contributed by atoms with van der Waals surface area (Å²) in [6.07, 6.45) is 1.46. The summed E-state index contributed by atoms with van der Waals surface area (Å²) in [6.45, 7) is 3.54. The first kappa shape index (κ1) is 10.2. The van der Waals surface area contributed by atoms with Crippen LogP contribution in [-0.2, 0) is 0 Å². The van der Waals surface area contributed by atoms with E-state index in [4.69, 9.17) is 4.74 Å². The second-order valence-electron chi connectivity index (χ2n) is 2.27. The van der Waals surface area contributed by atoms with Gasteiger partial charge in [0.1, 0.15) is 6.61 Å². The molecule has 0 N–H and O–H groups in total. The molecule has 1 aromatic carbocycles. The second-order valence-corrected chi connectivity index (χ2v) is 3.13. The van der Waals surface area contributed by atoms with Crippen LogP contribution in [-0.4, -0.2) is 6.61 Å². The molecule has 0 atom stereocenters. The summed E-state index contributed by atoms with van der Waals surface area (Å²) in [5.41, 5.74) is 0. The van der Waals surface area contributed by atoms with Crippen LogP contribution in [0.5, 0.6) is 5.75 Å². The fourth-order valence-electron chi connectivity index (χ4n) is 0.783. The summed E-state index contributed by atoms with van der Waals surface area (Å²) in [4.78, 5) is 0. The number of hydrogen-bond donors (Lipinski definition) is 0. The topological polar surface area (TPSA) is 9.23 Å². The van der Waals surface area contributed by atoms with E-state index in [0.717, 1.165) is 6.07 Å². The van der Waals surface area contributed by atoms with E-state index in [9.17, 15) is 8.78 Å². The first-order valence-electron chi connectivity index (χ1n) is 3.54. The van der Waals surface area contributed by atoms with Crippen molar-refractivity contribution in [2.24, 2.45) is 0 Å². The Morgan fingerprint density at radius 1 is 1.46 bits per heavy atom. The van der Waals surface area contributed by atoms with Crippen molar-refractivity contribution in [3.05, 3.63) is 40.9 Å². The highest BCUT2D eigenvalue weighted by Crippen LogP contribution is 2.29. The fraction of sp³-hybridized carbons (Fsp3) is 0.111. The zero-order valence-corrected chi connectivity index (χ0v) is 8.27. The zero-order chi connectivity index (χ0) is 9.84. The van der Waals surface area contributed by atoms with E-state index >= 15 is 0 Å². The largest absolute Gasteiger partial charge is 0.485 e. The maximum atomic E-state index is 13.0. The predicted octanol–water partition coefficient (Wildman–Crippen LogP) is 3.29. The zero-order valence-electron chi connectivity index (χ0n) is 6.69. The maximum absolute atomic E-state index is 13.0. The molecule has 0 radical (unpaired) electrons. The molecule has 0 unspecified atom stereocenters. The van der Waals surface area contributed by atoms with E-state index in [1.165, 1.54) is 12.1 Å². The van der Waals surface area contributed by atoms with Gasteiger partial charge in [0.05, 0.1) is 4.47 Å². The Kier molecular flexibility index (Phi) is 3.42. The first-order valence-corrected chi connectivity index (χ1v) is 4.33. The number of hydrogen-bond acceptors (Lipinski definition) is 1. The quantitative estimate of drug-likeness (QED) is 0.590. The third-order valence-corrected chi connectivity index (χ3v) is 1.97. The molecule has 0 fully saturated rings. The van der Waals surface area contributed by atoms with Crippen molar-refractivity contribution in [3.8, 4) is 5.75 Å². The molecule has 0 amide bonds. The minimum Gasteiger partial charge on any atom is -0.485 e. The minimum absolute atomic E-state index is 0.125. The van der Waals surface area contributed by atoms with Gasteiger partial charge in [0.15, 0.2) is 11.6 Å². The molecule has 0 aliphatic rings. The van der Waals surface area contributed by atoms with Crippen LogP contribution in [0.25, 0.3) is 0 Å². The van der Waals surface area contributed by atoms with Crippen LogP contribution in [0.3, 0.4) is 0 Å². The molecule has 0 aliphatic heterocycles. The molecule has 1 aromatic rings. The lowest BCUT2D eigenvalue weighted by molar-refractivity contribution is 0.330. The molecule has 70 valence electrons. The van der Waals surface area contributed by atoms with Crippen molar-refractivity contribution >= 4 is 15.9 Å². The van der Waals surface area contributed by atoms with Crippen molar-refractivity contribution < 1.29 is 13.5 Å². The molecule has 1 rings (SSSR count). The third-order valence-electron chi connectivity index (χ3n) is 1.35. The molecule has 0 aliphatic carbocycles. The SMILES string of the molecule is C=CCOc1c(Br)ccc(F)c1F. The molecule has 0 saturated carbocycles. The monoisotopic (exact) mass is 248 g/mol. The van der Waals surface area contributed by atoms with Crippen LogP contribution >= 0.6 is 15.9 Å². The Morgan fingerprint density at radius 3 is 2.77 bits per heavy atom. The summed E-state index contributed by atoms with van der Waals surface area (Å²) < 4.78 is 31.0. The lowest BCUT2D eigenvalue weighted by Crippen LogP contribution is -1.98. The van der Waals surface area contributed by atoms with Crippen LogP contribution in [0.4, 0.5) is 8.78 Å². The Hall–Kier alpha value is -0.900. The second kappa shape index (κ2) is 4.37. The van der Waals surface area contributed by atoms with E-state index in [1.807, 2.05) is 0 Å². The van der Waals surface area contributed by atoms with Gasteiger partial charge in [-0.25, -0.2) is 4.39 Å². The van der Waals surface area contributed by atoms with E-state index in [0.29, 0.717) is 4.47 Å². The van der Waals surface area contributed by atoms with Crippen molar-refractivity contribution in [1.82, 2.24) is 0 Å². The summed E-state index contributed by atoms with van der Waals surface area (Å²) in [5, 5.41) is 0. The van der Waals surface area contributed by atoms with Gasteiger partial charge >= 0.3 is 0 Å². The van der Waals surface area contributed by atoms with Gasteiger partial charge in [-0.05, 0) is 28.1 Å². The molecule has 0 saturated heterocycles. The van der Waals surface area contributed by atoms with Gasteiger partial charge in [-0.3, -0.25) is 0 Å². The number of halogens is 3. The van der Waals surface area contributed by atoms with E-state index in [2.05, 4.69) is 22.5 Å². The highest BCUT2D eigenvalue weighted by molar-refractivity contribution is 9.10. The van der Waals surface area contributed by atoms with E-state index in [1.54, 1.807) is 0 Å². The van der Waals surface area contributed by atoms with Crippen LogP contribution in [0.2, 0.25) is 0 Å². The van der Waals surface area contributed by atoms with Crippen molar-refractivity contribution in [3.63, 3.8) is 0 Å². The Labute approximate surface area is 83.1 Å². The van der Waals surface area contributed by atoms with Gasteiger partial charge in [0, 0.05) is 0 Å². The fourth-order valence-corrected chi connectivity index (χ4v) is 1.20. The molecule has 0 spiro atoms. The summed E-state index contributed by atoms with van der Waals surface area (Å²) in [7, 11) is 0. The number of rotatable bonds is 3. The highest BCUT2D eigenvalue weighted by Gasteiger charge is 2.12. The molecule has 4 heteroatoms. The van der Waals surface area contributed by atoms with E-state index < -0.39 is 11.6 Å². The highest BCUT2D eigenvalue weighted by atomic mass is 79.9. The Bertz CT molecular complexity index is 326. The van der Waals surface area contributed by atoms with Crippen LogP contribution < -0.4 is 4.74 Å². The van der Waals surface area contributed by atoms with Crippen molar-refractivity contribution in [2.45, 2.75) is 0 Å². The smallest absolute Gasteiger partial charge is 0.201 e. The van der Waals surface area contributed by atoms with Crippen LogP contribution in [0.15, 0.2) is 29.3 Å². The van der Waals surface area contributed by atoms with Gasteiger partial charge in [-0.2, -0.15) is 4.39 Å². The van der Waals surface area contributed by atoms with Gasteiger partial charge in [-0.15, -0.1) is 0 Å². The van der Waals surface area contributed by atoms with Crippen molar-refractivity contribution in [2.75, 3.05) is 6.61 Å². The molecule has 1 nitrogen and oxygen atoms in total. The Morgan fingerprint density at radius 2 is 2.15 bits per heavy atom. The van der Waals surface area contributed by atoms with Gasteiger partial charge in [0.2, 0.25) is 5.82 Å².